The van der Waals surface area contributed by atoms with Crippen molar-refractivity contribution >= 4 is 28.4 Å². The normalized spacial score (nSPS) is 11.0. The number of hydrogen-bond donors (Lipinski definition) is 0. The summed E-state index contributed by atoms with van der Waals surface area (Å²) in [5.74, 6) is 1.99. The molecule has 0 bridgehead atoms. The maximum absolute atomic E-state index is 12.8. The van der Waals surface area contributed by atoms with Crippen molar-refractivity contribution in [2.45, 2.75) is 31.6 Å². The van der Waals surface area contributed by atoms with Crippen molar-refractivity contribution in [2.75, 3.05) is 19.9 Å². The van der Waals surface area contributed by atoms with Gasteiger partial charge < -0.3 is 14.2 Å². The molecule has 0 atom stereocenters. The Morgan fingerprint density at radius 1 is 1.06 bits per heavy atom. The number of hydrogen-bond acceptors (Lipinski definition) is 6. The summed E-state index contributed by atoms with van der Waals surface area (Å²) in [6, 6.07) is 16.1. The molecular weight excluding hydrogens is 434 g/mol. The highest BCUT2D eigenvalue weighted by Crippen LogP contribution is 2.25. The first-order chi connectivity index (χ1) is 16.1. The number of benzene rings is 2. The van der Waals surface area contributed by atoms with Gasteiger partial charge in [-0.2, -0.15) is 0 Å². The number of pyridine rings is 1. The number of carbonyl (C=O) groups is 1. The number of carbonyl (C=O) groups excluding carboxylic acids is 1. The first-order valence-electron chi connectivity index (χ1n) is 10.9. The van der Waals surface area contributed by atoms with E-state index in [1.54, 1.807) is 24.4 Å². The second-order valence-corrected chi connectivity index (χ2v) is 8.72. The van der Waals surface area contributed by atoms with Crippen LogP contribution in [0.4, 0.5) is 0 Å². The van der Waals surface area contributed by atoms with E-state index in [1.165, 1.54) is 11.8 Å². The molecule has 0 aliphatic rings. The van der Waals surface area contributed by atoms with E-state index in [4.69, 9.17) is 4.74 Å². The fourth-order valence-corrected chi connectivity index (χ4v) is 4.54. The Hall–Kier alpha value is -3.39. The van der Waals surface area contributed by atoms with E-state index < -0.39 is 0 Å². The molecule has 0 fully saturated rings. The summed E-state index contributed by atoms with van der Waals surface area (Å²) >= 11 is 1.42. The van der Waals surface area contributed by atoms with Crippen molar-refractivity contribution in [1.82, 2.24) is 24.6 Å². The lowest BCUT2D eigenvalue weighted by molar-refractivity contribution is -0.127. The third-order valence-electron chi connectivity index (χ3n) is 5.38. The van der Waals surface area contributed by atoms with Crippen molar-refractivity contribution in [3.63, 3.8) is 0 Å². The third-order valence-corrected chi connectivity index (χ3v) is 6.34. The molecule has 4 rings (SSSR count). The molecule has 2 heterocycles. The van der Waals surface area contributed by atoms with Gasteiger partial charge in [0.15, 0.2) is 11.0 Å². The largest absolute Gasteiger partial charge is 0.497 e. The minimum atomic E-state index is 0.0475. The summed E-state index contributed by atoms with van der Waals surface area (Å²) in [6.45, 7) is 3.45. The Morgan fingerprint density at radius 2 is 1.82 bits per heavy atom. The van der Waals surface area contributed by atoms with Gasteiger partial charge >= 0.3 is 0 Å². The standard InChI is InChI=1S/C25H27N5O2S/c1-4-13-30-24(19-9-11-26-12-10-19)27-28-25(30)33-17-23(31)29(2)16-18-5-6-21-15-22(32-3)8-7-20(21)14-18/h5-12,14-15H,4,13,16-17H2,1-3H3. The fraction of sp³-hybridized carbons (Fsp3) is 0.280. The van der Waals surface area contributed by atoms with Gasteiger partial charge in [-0.15, -0.1) is 10.2 Å². The average Bonchev–Trinajstić information content (AvgIpc) is 3.25. The van der Waals surface area contributed by atoms with Crippen molar-refractivity contribution in [1.29, 1.82) is 0 Å². The zero-order chi connectivity index (χ0) is 23.2. The second-order valence-electron chi connectivity index (χ2n) is 7.78. The predicted octanol–water partition coefficient (Wildman–Crippen LogP) is 4.66. The number of methoxy groups -OCH3 is 1. The average molecular weight is 462 g/mol. The quantitative estimate of drug-likeness (QED) is 0.338. The van der Waals surface area contributed by atoms with Crippen LogP contribution in [0.25, 0.3) is 22.2 Å². The van der Waals surface area contributed by atoms with Crippen LogP contribution in [-0.2, 0) is 17.9 Å². The second kappa shape index (κ2) is 10.5. The number of fused-ring (bicyclic) bond motifs is 1. The first kappa shape index (κ1) is 22.8. The van der Waals surface area contributed by atoms with Crippen molar-refractivity contribution < 1.29 is 9.53 Å². The van der Waals surface area contributed by atoms with Crippen LogP contribution in [0.2, 0.25) is 0 Å². The minimum absolute atomic E-state index is 0.0475. The molecule has 0 radical (unpaired) electrons. The van der Waals surface area contributed by atoms with Crippen LogP contribution in [0, 0.1) is 0 Å². The summed E-state index contributed by atoms with van der Waals surface area (Å²) in [6.07, 6.45) is 4.44. The van der Waals surface area contributed by atoms with E-state index in [0.29, 0.717) is 12.3 Å². The monoisotopic (exact) mass is 461 g/mol. The molecule has 2 aromatic carbocycles. The molecular formula is C25H27N5O2S. The molecule has 170 valence electrons. The summed E-state index contributed by atoms with van der Waals surface area (Å²) in [4.78, 5) is 18.7. The highest BCUT2D eigenvalue weighted by Gasteiger charge is 2.17. The highest BCUT2D eigenvalue weighted by molar-refractivity contribution is 7.99. The molecule has 8 heteroatoms. The molecule has 1 amide bonds. The Bertz CT molecular complexity index is 1240. The van der Waals surface area contributed by atoms with Gasteiger partial charge in [0.05, 0.1) is 12.9 Å². The van der Waals surface area contributed by atoms with Gasteiger partial charge in [-0.05, 0) is 53.1 Å². The van der Waals surface area contributed by atoms with Crippen molar-refractivity contribution in [3.05, 3.63) is 66.5 Å². The van der Waals surface area contributed by atoms with Crippen LogP contribution in [0.1, 0.15) is 18.9 Å². The number of nitrogens with zero attached hydrogens (tertiary/aromatic N) is 5. The van der Waals surface area contributed by atoms with Crippen molar-refractivity contribution in [2.24, 2.45) is 0 Å². The lowest BCUT2D eigenvalue weighted by Crippen LogP contribution is -2.27. The molecule has 0 aliphatic carbocycles. The lowest BCUT2D eigenvalue weighted by atomic mass is 10.1. The predicted molar refractivity (Wildman–Crippen MR) is 131 cm³/mol. The maximum Gasteiger partial charge on any atom is 0.233 e. The van der Waals surface area contributed by atoms with Crippen LogP contribution in [-0.4, -0.2) is 50.5 Å². The Morgan fingerprint density at radius 3 is 2.58 bits per heavy atom. The Labute approximate surface area is 197 Å². The summed E-state index contributed by atoms with van der Waals surface area (Å²) < 4.78 is 7.37. The van der Waals surface area contributed by atoms with Crippen LogP contribution in [0.3, 0.4) is 0 Å². The van der Waals surface area contributed by atoms with Crippen LogP contribution in [0.5, 0.6) is 5.75 Å². The first-order valence-corrected chi connectivity index (χ1v) is 11.8. The van der Waals surface area contributed by atoms with E-state index >= 15 is 0 Å². The zero-order valence-corrected chi connectivity index (χ0v) is 19.9. The molecule has 7 nitrogen and oxygen atoms in total. The lowest BCUT2D eigenvalue weighted by Gasteiger charge is -2.17. The highest BCUT2D eigenvalue weighted by atomic mass is 32.2. The topological polar surface area (TPSA) is 73.1 Å². The number of aromatic nitrogens is 4. The van der Waals surface area contributed by atoms with E-state index in [0.717, 1.165) is 51.6 Å². The molecule has 4 aromatic rings. The molecule has 0 saturated carbocycles. The summed E-state index contributed by atoms with van der Waals surface area (Å²) in [5.41, 5.74) is 2.05. The smallest absolute Gasteiger partial charge is 0.233 e. The van der Waals surface area contributed by atoms with Gasteiger partial charge in [-0.3, -0.25) is 9.78 Å². The van der Waals surface area contributed by atoms with Crippen LogP contribution in [0.15, 0.2) is 66.1 Å². The molecule has 0 spiro atoms. The van der Waals surface area contributed by atoms with E-state index in [-0.39, 0.29) is 5.91 Å². The number of thioether (sulfide) groups is 1. The molecule has 33 heavy (non-hydrogen) atoms. The van der Waals surface area contributed by atoms with E-state index in [1.807, 2.05) is 37.4 Å². The van der Waals surface area contributed by atoms with E-state index in [9.17, 15) is 4.79 Å². The SMILES string of the molecule is CCCn1c(SCC(=O)N(C)Cc2ccc3cc(OC)ccc3c2)nnc1-c1ccncc1. The fourth-order valence-electron chi connectivity index (χ4n) is 3.63. The van der Waals surface area contributed by atoms with Gasteiger partial charge in [-0.25, -0.2) is 0 Å². The number of amides is 1. The van der Waals surface area contributed by atoms with Crippen LogP contribution < -0.4 is 4.74 Å². The number of rotatable bonds is 9. The Kier molecular flexibility index (Phi) is 7.24. The minimum Gasteiger partial charge on any atom is -0.497 e. The Balaban J connectivity index is 1.41. The van der Waals surface area contributed by atoms with Gasteiger partial charge in [0.1, 0.15) is 5.75 Å². The maximum atomic E-state index is 12.8. The zero-order valence-electron chi connectivity index (χ0n) is 19.1. The van der Waals surface area contributed by atoms with Gasteiger partial charge in [0.25, 0.3) is 0 Å². The summed E-state index contributed by atoms with van der Waals surface area (Å²) in [7, 11) is 3.50. The number of ether oxygens (including phenoxy) is 1. The molecule has 2 aromatic heterocycles. The van der Waals surface area contributed by atoms with Gasteiger partial charge in [0, 0.05) is 38.1 Å². The molecule has 0 unspecified atom stereocenters. The third kappa shape index (κ3) is 5.34. The van der Waals surface area contributed by atoms with Gasteiger partial charge in [0.2, 0.25) is 5.91 Å². The molecule has 0 saturated heterocycles. The van der Waals surface area contributed by atoms with Crippen LogP contribution >= 0.6 is 11.8 Å². The molecule has 0 aliphatic heterocycles. The van der Waals surface area contributed by atoms with Crippen molar-refractivity contribution in [3.8, 4) is 17.1 Å². The van der Waals surface area contributed by atoms with Gasteiger partial charge in [-0.1, -0.05) is 36.9 Å². The van der Waals surface area contributed by atoms with E-state index in [2.05, 4.69) is 44.9 Å². The summed E-state index contributed by atoms with van der Waals surface area (Å²) in [5, 5.41) is 11.7. The molecule has 0 N–H and O–H groups in total.